The maximum Gasteiger partial charge on any atom is 0.212 e. The molecule has 4 heteroatoms. The van der Waals surface area contributed by atoms with Gasteiger partial charge in [-0.2, -0.15) is 14.9 Å². The van der Waals surface area contributed by atoms with Crippen LogP contribution in [0.4, 0.5) is 4.39 Å². The van der Waals surface area contributed by atoms with Crippen molar-refractivity contribution >= 4 is 6.08 Å². The van der Waals surface area contributed by atoms with E-state index in [1.165, 1.54) is 18.3 Å². The second kappa shape index (κ2) is 5.77. The van der Waals surface area contributed by atoms with Gasteiger partial charge in [0.2, 0.25) is 5.95 Å². The van der Waals surface area contributed by atoms with Crippen LogP contribution in [0.15, 0.2) is 42.1 Å². The van der Waals surface area contributed by atoms with Gasteiger partial charge >= 0.3 is 0 Å². The largest absolute Gasteiger partial charge is 0.228 e. The Hall–Kier alpha value is -2.98. The Morgan fingerprint density at radius 1 is 1.15 bits per heavy atom. The predicted molar refractivity (Wildman–Crippen MR) is 73.6 cm³/mol. The van der Waals surface area contributed by atoms with Crippen molar-refractivity contribution in [3.05, 3.63) is 59.2 Å². The number of aryl methyl sites for hydroxylation is 1. The summed E-state index contributed by atoms with van der Waals surface area (Å²) in [7, 11) is 0. The SMILES string of the molecule is Cc1cc(C=C(C#N)C#N)cc(-c2ccc(F)nc2)c1. The first-order valence-corrected chi connectivity index (χ1v) is 5.88. The number of nitriles is 2. The summed E-state index contributed by atoms with van der Waals surface area (Å²) in [5.41, 5.74) is 3.41. The molecule has 1 aromatic heterocycles. The minimum Gasteiger partial charge on any atom is -0.228 e. The van der Waals surface area contributed by atoms with Gasteiger partial charge in [-0.1, -0.05) is 12.1 Å². The van der Waals surface area contributed by atoms with E-state index in [-0.39, 0.29) is 5.57 Å². The molecule has 1 aromatic carbocycles. The first kappa shape index (κ1) is 13.5. The molecule has 0 amide bonds. The Bertz CT molecular complexity index is 731. The highest BCUT2D eigenvalue weighted by molar-refractivity contribution is 5.70. The van der Waals surface area contributed by atoms with Crippen LogP contribution in [-0.4, -0.2) is 4.98 Å². The maximum absolute atomic E-state index is 12.8. The quantitative estimate of drug-likeness (QED) is 0.614. The molecule has 0 saturated heterocycles. The Labute approximate surface area is 116 Å². The molecule has 3 nitrogen and oxygen atoms in total. The van der Waals surface area contributed by atoms with Crippen LogP contribution in [0.3, 0.4) is 0 Å². The molecule has 96 valence electrons. The lowest BCUT2D eigenvalue weighted by Gasteiger charge is -2.05. The van der Waals surface area contributed by atoms with Gasteiger partial charge in [-0.3, -0.25) is 0 Å². The van der Waals surface area contributed by atoms with Crippen molar-refractivity contribution in [2.45, 2.75) is 6.92 Å². The van der Waals surface area contributed by atoms with Crippen LogP contribution < -0.4 is 0 Å². The molecule has 1 heterocycles. The Morgan fingerprint density at radius 2 is 1.90 bits per heavy atom. The van der Waals surface area contributed by atoms with E-state index in [9.17, 15) is 4.39 Å². The number of aromatic nitrogens is 1. The molecule has 0 bridgehead atoms. The van der Waals surface area contributed by atoms with E-state index in [2.05, 4.69) is 4.98 Å². The second-order valence-corrected chi connectivity index (χ2v) is 4.28. The van der Waals surface area contributed by atoms with E-state index in [1.54, 1.807) is 6.07 Å². The van der Waals surface area contributed by atoms with E-state index in [1.807, 2.05) is 37.3 Å². The van der Waals surface area contributed by atoms with Gasteiger partial charge in [0.1, 0.15) is 17.7 Å². The fraction of sp³-hybridized carbons (Fsp3) is 0.0625. The second-order valence-electron chi connectivity index (χ2n) is 4.28. The van der Waals surface area contributed by atoms with Gasteiger partial charge in [-0.15, -0.1) is 0 Å². The molecular weight excluding hydrogens is 253 g/mol. The van der Waals surface area contributed by atoms with E-state index in [0.29, 0.717) is 0 Å². The summed E-state index contributed by atoms with van der Waals surface area (Å²) < 4.78 is 12.8. The summed E-state index contributed by atoms with van der Waals surface area (Å²) in [6, 6.07) is 12.2. The van der Waals surface area contributed by atoms with Crippen molar-refractivity contribution in [3.63, 3.8) is 0 Å². The summed E-state index contributed by atoms with van der Waals surface area (Å²) in [5.74, 6) is -0.530. The molecule has 2 aromatic rings. The summed E-state index contributed by atoms with van der Waals surface area (Å²) in [5, 5.41) is 17.6. The van der Waals surface area contributed by atoms with Crippen LogP contribution in [-0.2, 0) is 0 Å². The number of hydrogen-bond donors (Lipinski definition) is 0. The van der Waals surface area contributed by atoms with E-state index >= 15 is 0 Å². The third-order valence-electron chi connectivity index (χ3n) is 2.71. The summed E-state index contributed by atoms with van der Waals surface area (Å²) >= 11 is 0. The highest BCUT2D eigenvalue weighted by atomic mass is 19.1. The molecule has 0 radical (unpaired) electrons. The van der Waals surface area contributed by atoms with E-state index in [4.69, 9.17) is 10.5 Å². The molecule has 0 fully saturated rings. The molecule has 20 heavy (non-hydrogen) atoms. The number of nitrogens with zero attached hydrogens (tertiary/aromatic N) is 3. The van der Waals surface area contributed by atoms with Crippen molar-refractivity contribution in [1.29, 1.82) is 10.5 Å². The fourth-order valence-corrected chi connectivity index (χ4v) is 1.87. The molecule has 0 atom stereocenters. The highest BCUT2D eigenvalue weighted by Crippen LogP contribution is 2.23. The molecule has 2 rings (SSSR count). The zero-order valence-corrected chi connectivity index (χ0v) is 10.8. The smallest absolute Gasteiger partial charge is 0.212 e. The van der Waals surface area contributed by atoms with Crippen molar-refractivity contribution in [2.75, 3.05) is 0 Å². The van der Waals surface area contributed by atoms with Gasteiger partial charge in [-0.05, 0) is 47.9 Å². The van der Waals surface area contributed by atoms with Crippen LogP contribution in [0.1, 0.15) is 11.1 Å². The lowest BCUT2D eigenvalue weighted by molar-refractivity contribution is 0.584. The van der Waals surface area contributed by atoms with E-state index in [0.717, 1.165) is 22.3 Å². The Balaban J connectivity index is 2.50. The Kier molecular flexibility index (Phi) is 3.88. The summed E-state index contributed by atoms with van der Waals surface area (Å²) in [6.07, 6.45) is 2.97. The van der Waals surface area contributed by atoms with Gasteiger partial charge in [-0.25, -0.2) is 4.98 Å². The topological polar surface area (TPSA) is 60.5 Å². The van der Waals surface area contributed by atoms with Gasteiger partial charge in [0.25, 0.3) is 0 Å². The van der Waals surface area contributed by atoms with Crippen molar-refractivity contribution in [1.82, 2.24) is 4.98 Å². The van der Waals surface area contributed by atoms with Gasteiger partial charge in [0, 0.05) is 11.8 Å². The van der Waals surface area contributed by atoms with Crippen LogP contribution in [0, 0.1) is 35.5 Å². The normalized spacial score (nSPS) is 9.40. The zero-order valence-electron chi connectivity index (χ0n) is 10.8. The molecule has 0 saturated carbocycles. The van der Waals surface area contributed by atoms with Crippen molar-refractivity contribution in [3.8, 4) is 23.3 Å². The average molecular weight is 263 g/mol. The standard InChI is InChI=1S/C16H10FN3/c1-11-4-12(6-13(8-18)9-19)7-15(5-11)14-2-3-16(17)20-10-14/h2-7,10H,1H3. The summed E-state index contributed by atoms with van der Waals surface area (Å²) in [6.45, 7) is 1.91. The highest BCUT2D eigenvalue weighted by Gasteiger charge is 2.03. The third-order valence-corrected chi connectivity index (χ3v) is 2.71. The molecular formula is C16H10FN3. The van der Waals surface area contributed by atoms with Crippen molar-refractivity contribution < 1.29 is 4.39 Å². The molecule has 0 aliphatic carbocycles. The van der Waals surface area contributed by atoms with Crippen LogP contribution in [0.5, 0.6) is 0 Å². The number of hydrogen-bond acceptors (Lipinski definition) is 3. The molecule has 0 aliphatic rings. The number of benzene rings is 1. The van der Waals surface area contributed by atoms with Crippen molar-refractivity contribution in [2.24, 2.45) is 0 Å². The monoisotopic (exact) mass is 263 g/mol. The van der Waals surface area contributed by atoms with Gasteiger partial charge < -0.3 is 0 Å². The lowest BCUT2D eigenvalue weighted by atomic mass is 10.0. The summed E-state index contributed by atoms with van der Waals surface area (Å²) in [4.78, 5) is 3.62. The first-order chi connectivity index (χ1) is 9.62. The molecule has 0 unspecified atom stereocenters. The number of halogens is 1. The minimum atomic E-state index is -0.530. The number of allylic oxidation sites excluding steroid dienone is 1. The zero-order chi connectivity index (χ0) is 14.5. The predicted octanol–water partition coefficient (Wildman–Crippen LogP) is 3.63. The minimum absolute atomic E-state index is 0.0405. The molecule has 0 aliphatic heterocycles. The van der Waals surface area contributed by atoms with E-state index < -0.39 is 5.95 Å². The Morgan fingerprint density at radius 3 is 2.50 bits per heavy atom. The average Bonchev–Trinajstić information content (AvgIpc) is 2.45. The van der Waals surface area contributed by atoms with Crippen LogP contribution in [0.2, 0.25) is 0 Å². The third kappa shape index (κ3) is 3.07. The number of pyridine rings is 1. The van der Waals surface area contributed by atoms with Gasteiger partial charge in [0.15, 0.2) is 0 Å². The fourth-order valence-electron chi connectivity index (χ4n) is 1.87. The molecule has 0 spiro atoms. The first-order valence-electron chi connectivity index (χ1n) is 5.88. The lowest BCUT2D eigenvalue weighted by Crippen LogP contribution is -1.86. The number of rotatable bonds is 2. The van der Waals surface area contributed by atoms with Gasteiger partial charge in [0.05, 0.1) is 0 Å². The molecule has 0 N–H and O–H groups in total. The van der Waals surface area contributed by atoms with Crippen LogP contribution >= 0.6 is 0 Å². The van der Waals surface area contributed by atoms with Crippen LogP contribution in [0.25, 0.3) is 17.2 Å². The maximum atomic E-state index is 12.8.